The van der Waals surface area contributed by atoms with Gasteiger partial charge < -0.3 is 22.8 Å². The third-order valence-corrected chi connectivity index (χ3v) is 20.0. The van der Waals surface area contributed by atoms with Gasteiger partial charge in [-0.25, -0.2) is 4.98 Å². The van der Waals surface area contributed by atoms with Crippen molar-refractivity contribution in [1.29, 1.82) is 0 Å². The Hall–Kier alpha value is -13.1. The highest BCUT2D eigenvalue weighted by Crippen LogP contribution is 2.46. The fourth-order valence-corrected chi connectivity index (χ4v) is 16.0. The van der Waals surface area contributed by atoms with Gasteiger partial charge in [0.15, 0.2) is 11.6 Å². The summed E-state index contributed by atoms with van der Waals surface area (Å²) in [6, 6.07) is 116. The van der Waals surface area contributed by atoms with E-state index < -0.39 is 0 Å². The second-order valence-corrected chi connectivity index (χ2v) is 25.1. The van der Waals surface area contributed by atoms with Crippen molar-refractivity contribution in [2.24, 2.45) is 0 Å². The highest BCUT2D eigenvalue weighted by atomic mass is 15.2. The van der Waals surface area contributed by atoms with Gasteiger partial charge in [0, 0.05) is 92.8 Å². The monoisotopic (exact) mass is 1220 g/mol. The van der Waals surface area contributed by atoms with Crippen molar-refractivity contribution in [3.63, 3.8) is 0 Å². The molecule has 0 atom stereocenters. The van der Waals surface area contributed by atoms with Crippen molar-refractivity contribution < 1.29 is 0 Å². The van der Waals surface area contributed by atoms with Crippen molar-refractivity contribution in [2.75, 3.05) is 0 Å². The zero-order valence-electron chi connectivity index (χ0n) is 51.6. The highest BCUT2D eigenvalue weighted by molar-refractivity contribution is 6.22. The fraction of sp³-hybridized carbons (Fsp3) is 0. The number of fused-ring (bicyclic) bond motifs is 18. The van der Waals surface area contributed by atoms with Gasteiger partial charge in [-0.3, -0.25) is 4.57 Å². The van der Waals surface area contributed by atoms with Crippen LogP contribution in [0.15, 0.2) is 322 Å². The third-order valence-electron chi connectivity index (χ3n) is 20.0. The van der Waals surface area contributed by atoms with Crippen molar-refractivity contribution in [3.8, 4) is 57.2 Å². The van der Waals surface area contributed by atoms with Crippen LogP contribution in [0, 0.1) is 0 Å². The van der Waals surface area contributed by atoms with E-state index in [4.69, 9.17) is 15.0 Å². The van der Waals surface area contributed by atoms with Crippen LogP contribution in [0.4, 0.5) is 0 Å². The zero-order chi connectivity index (χ0) is 62.7. The van der Waals surface area contributed by atoms with E-state index in [9.17, 15) is 0 Å². The van der Waals surface area contributed by atoms with Crippen LogP contribution in [-0.2, 0) is 0 Å². The molecule has 0 fully saturated rings. The van der Waals surface area contributed by atoms with Crippen LogP contribution >= 0.6 is 0 Å². The van der Waals surface area contributed by atoms with Gasteiger partial charge in [0.25, 0.3) is 0 Å². The SMILES string of the molecule is c1ccc(-n2c3ccccc3c3cc4c5ccccc5n(-c5nc(-c6ccccc6-n6c7ccccc7c7cc8c9ccccc9n(-c9ccccc9)c8cc76)nc(-c6ccccc6-n6c7ccccc7c7cc8c9ccccc9n(-c9ccccc9)c8cc76)n5)c4cc32)cc1. The molecule has 21 aromatic rings. The zero-order valence-corrected chi connectivity index (χ0v) is 51.6. The minimum atomic E-state index is 0.500. The average molecular weight is 1220 g/mol. The summed E-state index contributed by atoms with van der Waals surface area (Å²) < 4.78 is 14.3. The molecular weight excluding hydrogens is 1170 g/mol. The molecule has 0 aliphatic carbocycles. The maximum Gasteiger partial charge on any atom is 0.238 e. The van der Waals surface area contributed by atoms with Crippen LogP contribution in [0.1, 0.15) is 0 Å². The summed E-state index contributed by atoms with van der Waals surface area (Å²) in [6.45, 7) is 0. The van der Waals surface area contributed by atoms with Gasteiger partial charge in [0.1, 0.15) is 0 Å². The van der Waals surface area contributed by atoms with Gasteiger partial charge in [-0.2, -0.15) is 9.97 Å². The minimum Gasteiger partial charge on any atom is -0.309 e. The number of nitrogens with zero attached hydrogens (tertiary/aromatic N) is 9. The third kappa shape index (κ3) is 7.47. The molecule has 7 heterocycles. The molecule has 0 bridgehead atoms. The Kier molecular flexibility index (Phi) is 11.0. The van der Waals surface area contributed by atoms with Crippen molar-refractivity contribution >= 4 is 131 Å². The van der Waals surface area contributed by atoms with Crippen LogP contribution < -0.4 is 0 Å². The number of benzene rings is 14. The normalized spacial score (nSPS) is 12.2. The highest BCUT2D eigenvalue weighted by Gasteiger charge is 2.27. The Labute approximate surface area is 548 Å². The van der Waals surface area contributed by atoms with Crippen LogP contribution in [0.2, 0.25) is 0 Å². The maximum atomic E-state index is 5.83. The number of aromatic nitrogens is 9. The average Bonchev–Trinajstić information content (AvgIpc) is 1.64. The predicted octanol–water partition coefficient (Wildman–Crippen LogP) is 21.8. The molecule has 0 aliphatic heterocycles. The maximum absolute atomic E-state index is 5.83. The van der Waals surface area contributed by atoms with Crippen LogP contribution in [0.3, 0.4) is 0 Å². The van der Waals surface area contributed by atoms with Crippen molar-refractivity contribution in [3.05, 3.63) is 322 Å². The van der Waals surface area contributed by atoms with E-state index in [1.807, 2.05) is 0 Å². The minimum absolute atomic E-state index is 0.500. The molecule has 0 saturated heterocycles. The molecule has 0 N–H and O–H groups in total. The molecule has 14 aromatic carbocycles. The summed E-state index contributed by atoms with van der Waals surface area (Å²) in [5.74, 6) is 1.57. The van der Waals surface area contributed by atoms with Gasteiger partial charge in [-0.1, -0.05) is 188 Å². The molecule has 0 amide bonds. The van der Waals surface area contributed by atoms with E-state index in [1.54, 1.807) is 0 Å². The van der Waals surface area contributed by atoms with Gasteiger partial charge in [-0.15, -0.1) is 0 Å². The van der Waals surface area contributed by atoms with Crippen LogP contribution in [0.5, 0.6) is 0 Å². The first-order valence-electron chi connectivity index (χ1n) is 32.7. The largest absolute Gasteiger partial charge is 0.309 e. The summed E-state index contributed by atoms with van der Waals surface area (Å²) in [4.78, 5) is 17.5. The Bertz CT molecular complexity index is 6530. The van der Waals surface area contributed by atoms with E-state index in [2.05, 4.69) is 349 Å². The standard InChI is InChI=1S/C87H53N9/c1-4-26-54(27-5-1)91-71-40-18-10-32-57(71)65-48-68-60-35-13-21-43-74(60)94(82(68)51-79(65)91)77-46-24-16-38-63(77)85-88-86(90-87(89-85)96-76-45-23-15-37-62(76)70-50-67-59-34-12-20-42-73(59)93(81(67)53-84(70)96)56-30-8-3-9-31-56)64-39-17-25-47-78(64)95-75-44-22-14-36-61(75)69-49-66-58-33-11-19-41-72(58)92(80(66)52-83(69)95)55-28-6-2-7-29-55/h1-53H. The van der Waals surface area contributed by atoms with Gasteiger partial charge >= 0.3 is 0 Å². The second-order valence-electron chi connectivity index (χ2n) is 25.1. The lowest BCUT2D eigenvalue weighted by molar-refractivity contribution is 0.950. The first-order chi connectivity index (χ1) is 47.7. The van der Waals surface area contributed by atoms with Crippen molar-refractivity contribution in [2.45, 2.75) is 0 Å². The molecule has 0 radical (unpaired) electrons. The molecule has 446 valence electrons. The smallest absolute Gasteiger partial charge is 0.238 e. The molecule has 0 aliphatic rings. The molecule has 96 heavy (non-hydrogen) atoms. The summed E-state index contributed by atoms with van der Waals surface area (Å²) >= 11 is 0. The topological polar surface area (TPSA) is 68.2 Å². The van der Waals surface area contributed by atoms with Crippen molar-refractivity contribution in [1.82, 2.24) is 42.4 Å². The molecule has 9 nitrogen and oxygen atoms in total. The van der Waals surface area contributed by atoms with E-state index in [0.29, 0.717) is 17.6 Å². The molecule has 0 spiro atoms. The van der Waals surface area contributed by atoms with E-state index in [-0.39, 0.29) is 0 Å². The summed E-state index contributed by atoms with van der Waals surface area (Å²) in [5.41, 5.74) is 19.9. The first kappa shape index (κ1) is 52.5. The number of hydrogen-bond acceptors (Lipinski definition) is 3. The Morgan fingerprint density at radius 1 is 0.167 bits per heavy atom. The van der Waals surface area contributed by atoms with E-state index >= 15 is 0 Å². The Morgan fingerprint density at radius 2 is 0.406 bits per heavy atom. The molecule has 9 heteroatoms. The van der Waals surface area contributed by atoms with Crippen LogP contribution in [0.25, 0.3) is 188 Å². The molecular formula is C87H53N9. The number of rotatable bonds is 8. The van der Waals surface area contributed by atoms with Gasteiger partial charge in [-0.05, 0) is 133 Å². The lowest BCUT2D eigenvalue weighted by Crippen LogP contribution is -2.09. The molecule has 7 aromatic heterocycles. The summed E-state index contributed by atoms with van der Waals surface area (Å²) in [6.07, 6.45) is 0. The Balaban J connectivity index is 0.862. The first-order valence-corrected chi connectivity index (χ1v) is 32.7. The quantitative estimate of drug-likeness (QED) is 0.152. The molecule has 21 rings (SSSR count). The summed E-state index contributed by atoms with van der Waals surface area (Å²) in [7, 11) is 0. The fourth-order valence-electron chi connectivity index (χ4n) is 16.0. The molecule has 0 saturated carbocycles. The van der Waals surface area contributed by atoms with E-state index in [0.717, 1.165) is 138 Å². The lowest BCUT2D eigenvalue weighted by atomic mass is 10.1. The van der Waals surface area contributed by atoms with Crippen LogP contribution in [-0.4, -0.2) is 42.4 Å². The second kappa shape index (κ2) is 20.2. The number of para-hydroxylation sites is 11. The summed E-state index contributed by atoms with van der Waals surface area (Å²) in [5, 5.41) is 14.0. The van der Waals surface area contributed by atoms with Gasteiger partial charge in [0.05, 0.1) is 77.6 Å². The molecule has 0 unspecified atom stereocenters. The van der Waals surface area contributed by atoms with E-state index in [1.165, 1.54) is 32.3 Å². The lowest BCUT2D eigenvalue weighted by Gasteiger charge is -2.17. The number of hydrogen-bond donors (Lipinski definition) is 0. The predicted molar refractivity (Wildman–Crippen MR) is 397 cm³/mol. The Morgan fingerprint density at radius 3 is 0.729 bits per heavy atom. The van der Waals surface area contributed by atoms with Gasteiger partial charge in [0.2, 0.25) is 5.95 Å².